The summed E-state index contributed by atoms with van der Waals surface area (Å²) in [6.45, 7) is 0. The second-order valence-corrected chi connectivity index (χ2v) is 16.8. The van der Waals surface area contributed by atoms with Gasteiger partial charge in [0.05, 0.1) is 0 Å². The molecule has 0 aliphatic rings. The lowest BCUT2D eigenvalue weighted by Gasteiger charge is -2.10. The van der Waals surface area contributed by atoms with Crippen LogP contribution in [0.15, 0.2) is 227 Å². The molecule has 2 heterocycles. The average Bonchev–Trinajstić information content (AvgIpc) is 3.37. The fourth-order valence-electron chi connectivity index (χ4n) is 6.78. The third-order valence-electron chi connectivity index (χ3n) is 9.99. The summed E-state index contributed by atoms with van der Waals surface area (Å²) in [7, 11) is -1.38. The molecular weight excluding hydrogens is 971 g/mol. The lowest BCUT2D eigenvalue weighted by molar-refractivity contribution is 0.425. The summed E-state index contributed by atoms with van der Waals surface area (Å²) in [5.74, 6) is 3.10. The molecule has 0 radical (unpaired) electrons. The third-order valence-corrected chi connectivity index (χ3v) is 11.1. The van der Waals surface area contributed by atoms with E-state index in [2.05, 4.69) is 95.3 Å². The van der Waals surface area contributed by atoms with Crippen LogP contribution < -0.4 is 5.46 Å². The molecule has 10 aromatic rings. The van der Waals surface area contributed by atoms with Crippen molar-refractivity contribution >= 4 is 56.0 Å². The van der Waals surface area contributed by atoms with Crippen molar-refractivity contribution in [2.24, 2.45) is 0 Å². The van der Waals surface area contributed by atoms with Crippen LogP contribution in [-0.2, 0) is 0 Å². The molecule has 0 saturated carbocycles. The van der Waals surface area contributed by atoms with Crippen LogP contribution in [0.3, 0.4) is 0 Å². The van der Waals surface area contributed by atoms with Crippen molar-refractivity contribution in [1.29, 1.82) is 0 Å². The van der Waals surface area contributed by atoms with Crippen LogP contribution in [-0.4, -0.2) is 47.1 Å². The maximum absolute atomic E-state index is 8.68. The van der Waals surface area contributed by atoms with E-state index in [9.17, 15) is 0 Å². The highest BCUT2D eigenvalue weighted by Gasteiger charge is 2.14. The van der Waals surface area contributed by atoms with Gasteiger partial charge >= 0.3 is 7.12 Å². The smallest absolute Gasteiger partial charge is 0.423 e. The molecule has 8 nitrogen and oxygen atoms in total. The Hall–Kier alpha value is -6.99. The Balaban J connectivity index is 0.000000151. The van der Waals surface area contributed by atoms with E-state index in [0.29, 0.717) is 34.6 Å². The Bertz CT molecular complexity index is 3170. The fraction of sp³-hybridized carbons (Fsp3) is 0. The first-order valence-electron chi connectivity index (χ1n) is 20.7. The molecule has 0 aliphatic heterocycles. The average molecular weight is 1010 g/mol. The minimum atomic E-state index is -1.38. The van der Waals surface area contributed by atoms with Gasteiger partial charge in [0.25, 0.3) is 0 Å². The van der Waals surface area contributed by atoms with Gasteiger partial charge in [0.2, 0.25) is 5.28 Å². The first-order chi connectivity index (χ1) is 32.3. The van der Waals surface area contributed by atoms with Crippen molar-refractivity contribution in [2.75, 3.05) is 0 Å². The van der Waals surface area contributed by atoms with E-state index in [0.717, 1.165) is 59.0 Å². The Labute approximate surface area is 405 Å². The maximum atomic E-state index is 8.68. The van der Waals surface area contributed by atoms with Crippen molar-refractivity contribution in [3.8, 4) is 79.2 Å². The topological polar surface area (TPSA) is 118 Å². The van der Waals surface area contributed by atoms with Crippen molar-refractivity contribution in [3.63, 3.8) is 0 Å². The second-order valence-electron chi connectivity index (χ2n) is 14.6. The van der Waals surface area contributed by atoms with Crippen molar-refractivity contribution in [1.82, 2.24) is 29.9 Å². The van der Waals surface area contributed by atoms with Crippen LogP contribution in [0, 0.1) is 0 Å². The molecule has 0 spiro atoms. The fourth-order valence-corrected chi connectivity index (χ4v) is 7.75. The Morgan fingerprint density at radius 2 is 0.606 bits per heavy atom. The van der Waals surface area contributed by atoms with Gasteiger partial charge in [-0.1, -0.05) is 214 Å². The Morgan fingerprint density at radius 3 is 1.00 bits per heavy atom. The van der Waals surface area contributed by atoms with Gasteiger partial charge in [0, 0.05) is 36.8 Å². The molecule has 8 aromatic carbocycles. The lowest BCUT2D eigenvalue weighted by atomic mass is 9.81. The van der Waals surface area contributed by atoms with Crippen LogP contribution in [0.1, 0.15) is 0 Å². The largest absolute Gasteiger partial charge is 0.488 e. The summed E-state index contributed by atoms with van der Waals surface area (Å²) in [5, 5.41) is 17.6. The van der Waals surface area contributed by atoms with Gasteiger partial charge in [0.15, 0.2) is 29.1 Å². The maximum Gasteiger partial charge on any atom is 0.488 e. The predicted molar refractivity (Wildman–Crippen MR) is 274 cm³/mol. The monoisotopic (exact) mass is 1010 g/mol. The molecule has 12 heteroatoms. The summed E-state index contributed by atoms with van der Waals surface area (Å²) in [5.41, 5.74) is 9.71. The van der Waals surface area contributed by atoms with Crippen molar-refractivity contribution in [3.05, 3.63) is 233 Å². The van der Waals surface area contributed by atoms with Gasteiger partial charge in [-0.3, -0.25) is 0 Å². The van der Waals surface area contributed by atoms with Gasteiger partial charge < -0.3 is 10.0 Å². The molecule has 0 fully saturated rings. The quantitative estimate of drug-likeness (QED) is 0.145. The van der Waals surface area contributed by atoms with E-state index in [1.54, 1.807) is 18.2 Å². The van der Waals surface area contributed by atoms with Crippen LogP contribution in [0.5, 0.6) is 0 Å². The molecule has 66 heavy (non-hydrogen) atoms. The summed E-state index contributed by atoms with van der Waals surface area (Å²) in [4.78, 5) is 27.6. The molecule has 0 aliphatic carbocycles. The number of nitrogens with zero attached hydrogens (tertiary/aromatic N) is 6. The van der Waals surface area contributed by atoms with Crippen LogP contribution >= 0.6 is 43.5 Å². The van der Waals surface area contributed by atoms with Gasteiger partial charge in [-0.2, -0.15) is 9.97 Å². The number of halogens is 3. The summed E-state index contributed by atoms with van der Waals surface area (Å²) >= 11 is 12.9. The minimum absolute atomic E-state index is 0.189. The molecule has 10 rings (SSSR count). The molecular formula is C54H38BBr2ClN6O2. The molecule has 0 amide bonds. The van der Waals surface area contributed by atoms with E-state index < -0.39 is 7.12 Å². The third kappa shape index (κ3) is 12.2. The summed E-state index contributed by atoms with van der Waals surface area (Å²) in [6, 6.07) is 71.6. The number of rotatable bonds is 8. The zero-order chi connectivity index (χ0) is 45.7. The zero-order valence-electron chi connectivity index (χ0n) is 35.1. The second kappa shape index (κ2) is 22.3. The van der Waals surface area contributed by atoms with Gasteiger partial charge in [0.1, 0.15) is 0 Å². The first kappa shape index (κ1) is 45.6. The zero-order valence-corrected chi connectivity index (χ0v) is 39.0. The number of hydrogen-bond acceptors (Lipinski definition) is 8. The van der Waals surface area contributed by atoms with Gasteiger partial charge in [-0.25, -0.2) is 19.9 Å². The number of benzene rings is 8. The van der Waals surface area contributed by atoms with Crippen LogP contribution in [0.2, 0.25) is 5.28 Å². The molecule has 2 aromatic heterocycles. The number of hydrogen-bond donors (Lipinski definition) is 2. The minimum Gasteiger partial charge on any atom is -0.423 e. The molecule has 0 unspecified atom stereocenters. The summed E-state index contributed by atoms with van der Waals surface area (Å²) < 4.78 is 1.83. The highest BCUT2D eigenvalue weighted by molar-refractivity contribution is 9.10. The Kier molecular flexibility index (Phi) is 15.4. The molecule has 0 bridgehead atoms. The molecule has 0 saturated heterocycles. The highest BCUT2D eigenvalue weighted by atomic mass is 79.9. The van der Waals surface area contributed by atoms with Gasteiger partial charge in [-0.05, 0) is 75.7 Å². The Morgan fingerprint density at radius 1 is 0.303 bits per heavy atom. The van der Waals surface area contributed by atoms with E-state index in [1.807, 2.05) is 152 Å². The van der Waals surface area contributed by atoms with E-state index >= 15 is 0 Å². The van der Waals surface area contributed by atoms with Crippen LogP contribution in [0.25, 0.3) is 79.2 Å². The lowest BCUT2D eigenvalue weighted by Crippen LogP contribution is -2.29. The standard InChI is InChI=1S/C27H18BrN3.C21H14ClN3.C6H6BBrO2/c28-24-16-8-15-23(18-24)27-30-25(20-11-5-2-6-12-20)29-26(31-27)22-14-7-13-21(17-22)19-9-3-1-4-10-19;22-21-24-19(16-10-5-2-6-11-16)23-20(25-21)18-13-7-12-17(14-18)15-8-3-1-4-9-15;8-6-3-1-2-5(4-6)7(9)10/h1-18H;1-14H;1-4,9-10H. The van der Waals surface area contributed by atoms with Gasteiger partial charge in [-0.15, -0.1) is 0 Å². The van der Waals surface area contributed by atoms with E-state index in [1.165, 1.54) is 0 Å². The van der Waals surface area contributed by atoms with Crippen molar-refractivity contribution in [2.45, 2.75) is 0 Å². The van der Waals surface area contributed by atoms with Crippen molar-refractivity contribution < 1.29 is 10.0 Å². The molecule has 320 valence electrons. The molecule has 2 N–H and O–H groups in total. The van der Waals surface area contributed by atoms with E-state index in [-0.39, 0.29) is 5.28 Å². The summed E-state index contributed by atoms with van der Waals surface area (Å²) in [6.07, 6.45) is 0. The van der Waals surface area contributed by atoms with E-state index in [4.69, 9.17) is 36.6 Å². The first-order valence-corrected chi connectivity index (χ1v) is 22.7. The SMILES string of the molecule is Brc1cccc(-c2nc(-c3ccccc3)nc(-c3cccc(-c4ccccc4)c3)n2)c1.Clc1nc(-c2ccccc2)nc(-c2cccc(-c3ccccc3)c2)n1.OB(O)c1cccc(Br)c1. The highest BCUT2D eigenvalue weighted by Crippen LogP contribution is 2.30. The molecule has 0 atom stereocenters. The predicted octanol–water partition coefficient (Wildman–Crippen LogP) is 13.0. The normalized spacial score (nSPS) is 10.5. The number of aromatic nitrogens is 6. The van der Waals surface area contributed by atoms with Crippen LogP contribution in [0.4, 0.5) is 0 Å².